The van der Waals surface area contributed by atoms with Gasteiger partial charge in [0.2, 0.25) is 0 Å². The predicted molar refractivity (Wildman–Crippen MR) is 93.1 cm³/mol. The largest absolute Gasteiger partial charge is 0.358 e. The van der Waals surface area contributed by atoms with Gasteiger partial charge in [0.25, 0.3) is 5.91 Å². The summed E-state index contributed by atoms with van der Waals surface area (Å²) >= 11 is 0. The average Bonchev–Trinajstić information content (AvgIpc) is 3.27. The second-order valence-electron chi connectivity index (χ2n) is 6.34. The number of hydrogen-bond acceptors (Lipinski definition) is 2. The SMILES string of the molecule is O=C(NC1Cc2[nH]c3ccccc3c2C1)c1ccc2nc[nH]c2c1. The maximum atomic E-state index is 12.5. The van der Waals surface area contributed by atoms with Crippen LogP contribution >= 0.6 is 0 Å². The van der Waals surface area contributed by atoms with E-state index < -0.39 is 0 Å². The Morgan fingerprint density at radius 2 is 2.04 bits per heavy atom. The number of imidazole rings is 1. The van der Waals surface area contributed by atoms with E-state index in [0.717, 1.165) is 23.9 Å². The topological polar surface area (TPSA) is 73.6 Å². The summed E-state index contributed by atoms with van der Waals surface area (Å²) in [4.78, 5) is 23.2. The van der Waals surface area contributed by atoms with E-state index in [1.54, 1.807) is 6.33 Å². The Kier molecular flexibility index (Phi) is 2.76. The van der Waals surface area contributed by atoms with Crippen molar-refractivity contribution >= 4 is 27.8 Å². The molecule has 0 bridgehead atoms. The number of nitrogens with one attached hydrogen (secondary N) is 3. The molecule has 4 aromatic rings. The standard InChI is InChI=1S/C19H16N4O/c24-19(11-5-6-16-18(7-11)21-10-20-16)22-12-8-14-13-3-1-2-4-15(13)23-17(14)9-12/h1-7,10,12,23H,8-9H2,(H,20,21)(H,22,24). The molecule has 2 aromatic carbocycles. The molecule has 2 heterocycles. The molecule has 1 aliphatic rings. The van der Waals surface area contributed by atoms with Crippen LogP contribution in [0.1, 0.15) is 21.6 Å². The molecule has 24 heavy (non-hydrogen) atoms. The molecule has 0 fully saturated rings. The Labute approximate surface area is 138 Å². The fraction of sp³-hybridized carbons (Fsp3) is 0.158. The monoisotopic (exact) mass is 316 g/mol. The number of nitrogens with zero attached hydrogens (tertiary/aromatic N) is 1. The molecule has 1 unspecified atom stereocenters. The summed E-state index contributed by atoms with van der Waals surface area (Å²) in [5.74, 6) is -0.0361. The van der Waals surface area contributed by atoms with Gasteiger partial charge in [-0.3, -0.25) is 4.79 Å². The van der Waals surface area contributed by atoms with Crippen molar-refractivity contribution in [1.82, 2.24) is 20.3 Å². The molecule has 2 aromatic heterocycles. The molecule has 1 atom stereocenters. The molecule has 1 aliphatic carbocycles. The van der Waals surface area contributed by atoms with E-state index in [1.165, 1.54) is 22.2 Å². The summed E-state index contributed by atoms with van der Waals surface area (Å²) in [5.41, 5.74) is 6.16. The zero-order valence-corrected chi connectivity index (χ0v) is 13.0. The number of fused-ring (bicyclic) bond motifs is 4. The molecule has 5 rings (SSSR count). The van der Waals surface area contributed by atoms with E-state index in [4.69, 9.17) is 0 Å². The highest BCUT2D eigenvalue weighted by Gasteiger charge is 2.26. The van der Waals surface area contributed by atoms with Crippen molar-refractivity contribution in [3.63, 3.8) is 0 Å². The molecule has 0 saturated carbocycles. The van der Waals surface area contributed by atoms with E-state index in [2.05, 4.69) is 38.5 Å². The van der Waals surface area contributed by atoms with Crippen molar-refractivity contribution in [2.24, 2.45) is 0 Å². The Morgan fingerprint density at radius 1 is 1.12 bits per heavy atom. The van der Waals surface area contributed by atoms with E-state index in [9.17, 15) is 4.79 Å². The van der Waals surface area contributed by atoms with Crippen molar-refractivity contribution in [3.05, 3.63) is 65.6 Å². The molecule has 0 spiro atoms. The van der Waals surface area contributed by atoms with Crippen molar-refractivity contribution in [3.8, 4) is 0 Å². The molecule has 1 amide bonds. The highest BCUT2D eigenvalue weighted by atomic mass is 16.1. The van der Waals surface area contributed by atoms with Crippen LogP contribution in [0.5, 0.6) is 0 Å². The molecule has 5 nitrogen and oxygen atoms in total. The van der Waals surface area contributed by atoms with Crippen molar-refractivity contribution < 1.29 is 4.79 Å². The third-order valence-electron chi connectivity index (χ3n) is 4.82. The van der Waals surface area contributed by atoms with E-state index in [0.29, 0.717) is 5.56 Å². The van der Waals surface area contributed by atoms with Gasteiger partial charge in [-0.05, 0) is 36.2 Å². The van der Waals surface area contributed by atoms with Gasteiger partial charge in [0.05, 0.1) is 17.4 Å². The molecule has 0 saturated heterocycles. The number of benzene rings is 2. The maximum Gasteiger partial charge on any atom is 0.251 e. The van der Waals surface area contributed by atoms with Gasteiger partial charge < -0.3 is 15.3 Å². The van der Waals surface area contributed by atoms with Crippen LogP contribution in [-0.4, -0.2) is 26.9 Å². The average molecular weight is 316 g/mol. The van der Waals surface area contributed by atoms with E-state index in [1.807, 2.05) is 24.3 Å². The van der Waals surface area contributed by atoms with Crippen LogP contribution in [0, 0.1) is 0 Å². The molecule has 0 aliphatic heterocycles. The summed E-state index contributed by atoms with van der Waals surface area (Å²) in [6, 6.07) is 14.0. The number of aromatic nitrogens is 3. The van der Waals surface area contributed by atoms with Crippen LogP contribution in [0.3, 0.4) is 0 Å². The summed E-state index contributed by atoms with van der Waals surface area (Å²) in [6.07, 6.45) is 3.36. The van der Waals surface area contributed by atoms with Gasteiger partial charge in [-0.2, -0.15) is 0 Å². The fourth-order valence-electron chi connectivity index (χ4n) is 3.68. The molecule has 5 heteroatoms. The Balaban J connectivity index is 1.37. The Hall–Kier alpha value is -3.08. The number of rotatable bonds is 2. The van der Waals surface area contributed by atoms with Crippen LogP contribution < -0.4 is 5.32 Å². The van der Waals surface area contributed by atoms with Gasteiger partial charge in [-0.25, -0.2) is 4.98 Å². The second-order valence-corrected chi connectivity index (χ2v) is 6.34. The minimum Gasteiger partial charge on any atom is -0.358 e. The van der Waals surface area contributed by atoms with E-state index in [-0.39, 0.29) is 11.9 Å². The summed E-state index contributed by atoms with van der Waals surface area (Å²) in [5, 5.41) is 4.42. The number of H-pyrrole nitrogens is 2. The van der Waals surface area contributed by atoms with Crippen molar-refractivity contribution in [2.45, 2.75) is 18.9 Å². The third kappa shape index (κ3) is 2.01. The number of hydrogen-bond donors (Lipinski definition) is 3. The van der Waals surface area contributed by atoms with Crippen LogP contribution in [0.4, 0.5) is 0 Å². The second kappa shape index (κ2) is 4.96. The van der Waals surface area contributed by atoms with Crippen molar-refractivity contribution in [1.29, 1.82) is 0 Å². The summed E-state index contributed by atoms with van der Waals surface area (Å²) < 4.78 is 0. The summed E-state index contributed by atoms with van der Waals surface area (Å²) in [6.45, 7) is 0. The Morgan fingerprint density at radius 3 is 3.00 bits per heavy atom. The lowest BCUT2D eigenvalue weighted by Gasteiger charge is -2.12. The smallest absolute Gasteiger partial charge is 0.251 e. The first-order valence-corrected chi connectivity index (χ1v) is 8.10. The van der Waals surface area contributed by atoms with Crippen molar-refractivity contribution in [2.75, 3.05) is 0 Å². The number of para-hydroxylation sites is 1. The first-order valence-electron chi connectivity index (χ1n) is 8.10. The van der Waals surface area contributed by atoms with Crippen LogP contribution in [0.25, 0.3) is 21.9 Å². The van der Waals surface area contributed by atoms with Gasteiger partial charge in [0.1, 0.15) is 0 Å². The van der Waals surface area contributed by atoms with E-state index >= 15 is 0 Å². The number of amides is 1. The van der Waals surface area contributed by atoms with Gasteiger partial charge in [0, 0.05) is 34.6 Å². The normalized spacial score (nSPS) is 16.6. The lowest BCUT2D eigenvalue weighted by Crippen LogP contribution is -2.35. The van der Waals surface area contributed by atoms with Crippen LogP contribution in [-0.2, 0) is 12.8 Å². The number of carbonyl (C=O) groups is 1. The molecule has 118 valence electrons. The highest BCUT2D eigenvalue weighted by molar-refractivity contribution is 5.97. The minimum absolute atomic E-state index is 0.0361. The molecular weight excluding hydrogens is 300 g/mol. The lowest BCUT2D eigenvalue weighted by atomic mass is 10.1. The Bertz CT molecular complexity index is 1080. The van der Waals surface area contributed by atoms with Gasteiger partial charge in [0.15, 0.2) is 0 Å². The highest BCUT2D eigenvalue weighted by Crippen LogP contribution is 2.30. The zero-order valence-electron chi connectivity index (χ0n) is 13.0. The molecule has 0 radical (unpaired) electrons. The quantitative estimate of drug-likeness (QED) is 0.532. The maximum absolute atomic E-state index is 12.5. The first kappa shape index (κ1) is 13.4. The summed E-state index contributed by atoms with van der Waals surface area (Å²) in [7, 11) is 0. The van der Waals surface area contributed by atoms with Crippen LogP contribution in [0.2, 0.25) is 0 Å². The number of aromatic amines is 2. The van der Waals surface area contributed by atoms with Gasteiger partial charge >= 0.3 is 0 Å². The fourth-order valence-corrected chi connectivity index (χ4v) is 3.68. The predicted octanol–water partition coefficient (Wildman–Crippen LogP) is 2.94. The first-order chi connectivity index (χ1) is 11.8. The van der Waals surface area contributed by atoms with Crippen LogP contribution in [0.15, 0.2) is 48.8 Å². The third-order valence-corrected chi connectivity index (χ3v) is 4.82. The molecular formula is C19H16N4O. The number of carbonyl (C=O) groups excluding carboxylic acids is 1. The van der Waals surface area contributed by atoms with Gasteiger partial charge in [-0.15, -0.1) is 0 Å². The minimum atomic E-state index is -0.0361. The molecule has 3 N–H and O–H groups in total. The zero-order chi connectivity index (χ0) is 16.1. The lowest BCUT2D eigenvalue weighted by molar-refractivity contribution is 0.0938. The van der Waals surface area contributed by atoms with Gasteiger partial charge in [-0.1, -0.05) is 18.2 Å².